The fourth-order valence-electron chi connectivity index (χ4n) is 3.33. The van der Waals surface area contributed by atoms with Crippen molar-refractivity contribution in [3.63, 3.8) is 0 Å². The van der Waals surface area contributed by atoms with Crippen LogP contribution in [0.3, 0.4) is 0 Å². The lowest BCUT2D eigenvalue weighted by Crippen LogP contribution is -2.36. The minimum Gasteiger partial charge on any atom is -0.274 e. The lowest BCUT2D eigenvalue weighted by atomic mass is 9.92. The smallest absolute Gasteiger partial charge is 0.240 e. The predicted octanol–water partition coefficient (Wildman–Crippen LogP) is 2.14. The Labute approximate surface area is 128 Å². The van der Waals surface area contributed by atoms with Gasteiger partial charge in [-0.3, -0.25) is 4.79 Å². The summed E-state index contributed by atoms with van der Waals surface area (Å²) in [5, 5.41) is 0. The zero-order valence-corrected chi connectivity index (χ0v) is 11.9. The van der Waals surface area contributed by atoms with E-state index in [0.717, 1.165) is 12.8 Å². The number of amides is 1. The molecule has 2 aromatic rings. The van der Waals surface area contributed by atoms with Crippen LogP contribution in [0.1, 0.15) is 12.8 Å². The first-order valence-electron chi connectivity index (χ1n) is 7.39. The van der Waals surface area contributed by atoms with E-state index in [4.69, 9.17) is 0 Å². The summed E-state index contributed by atoms with van der Waals surface area (Å²) in [6.07, 6.45) is 12.8. The van der Waals surface area contributed by atoms with E-state index in [9.17, 15) is 4.79 Å². The maximum Gasteiger partial charge on any atom is 0.240 e. The van der Waals surface area contributed by atoms with E-state index in [1.165, 1.54) is 4.90 Å². The van der Waals surface area contributed by atoms with Crippen LogP contribution in [0, 0.1) is 17.8 Å². The number of hydrogen-bond donors (Lipinski definition) is 0. The fraction of sp³-hybridized carbons (Fsp3) is 0.312. The second-order valence-electron chi connectivity index (χ2n) is 5.66. The molecule has 1 fully saturated rings. The Hall–Kier alpha value is -2.63. The van der Waals surface area contributed by atoms with Gasteiger partial charge in [0, 0.05) is 30.7 Å². The number of nitrogens with zero attached hydrogens (tertiary/aromatic N) is 5. The fourth-order valence-corrected chi connectivity index (χ4v) is 3.33. The average molecular weight is 293 g/mol. The molecule has 0 aromatic carbocycles. The average Bonchev–Trinajstić information content (AvgIpc) is 3.20. The Kier molecular flexibility index (Phi) is 3.14. The molecule has 1 amide bonds. The van der Waals surface area contributed by atoms with Gasteiger partial charge in [-0.05, 0) is 36.8 Å². The van der Waals surface area contributed by atoms with E-state index in [-0.39, 0.29) is 11.8 Å². The highest BCUT2D eigenvalue weighted by Crippen LogP contribution is 2.44. The van der Waals surface area contributed by atoms with Gasteiger partial charge in [0.1, 0.15) is 0 Å². The molecule has 2 bridgehead atoms. The third kappa shape index (κ3) is 2.16. The Bertz CT molecular complexity index is 663. The summed E-state index contributed by atoms with van der Waals surface area (Å²) in [5.41, 5.74) is 0. The molecule has 1 saturated carbocycles. The number of carbonyl (C=O) groups is 1. The Morgan fingerprint density at radius 3 is 1.95 bits per heavy atom. The molecular weight excluding hydrogens is 278 g/mol. The molecule has 110 valence electrons. The molecule has 2 aliphatic carbocycles. The van der Waals surface area contributed by atoms with Crippen LogP contribution in [-0.4, -0.2) is 25.8 Å². The summed E-state index contributed by atoms with van der Waals surface area (Å²) in [5.74, 6) is 1.43. The molecule has 2 aromatic heterocycles. The first-order valence-corrected chi connectivity index (χ1v) is 7.39. The number of anilines is 2. The van der Waals surface area contributed by atoms with E-state index in [1.807, 2.05) is 0 Å². The van der Waals surface area contributed by atoms with Gasteiger partial charge in [-0.25, -0.2) is 24.8 Å². The van der Waals surface area contributed by atoms with Crippen LogP contribution in [0.4, 0.5) is 11.9 Å². The van der Waals surface area contributed by atoms with Crippen LogP contribution in [0.2, 0.25) is 0 Å². The summed E-state index contributed by atoms with van der Waals surface area (Å²) in [6.45, 7) is 0. The van der Waals surface area contributed by atoms with Gasteiger partial charge in [0.05, 0.1) is 0 Å². The van der Waals surface area contributed by atoms with Gasteiger partial charge in [-0.1, -0.05) is 12.2 Å². The van der Waals surface area contributed by atoms with Gasteiger partial charge in [-0.2, -0.15) is 0 Å². The molecule has 0 saturated heterocycles. The van der Waals surface area contributed by atoms with Crippen LogP contribution >= 0.6 is 0 Å². The second-order valence-corrected chi connectivity index (χ2v) is 5.66. The summed E-state index contributed by atoms with van der Waals surface area (Å²) in [6, 6.07) is 3.44. The van der Waals surface area contributed by atoms with Crippen molar-refractivity contribution in [2.24, 2.45) is 17.8 Å². The number of aromatic nitrogens is 4. The van der Waals surface area contributed by atoms with E-state index in [0.29, 0.717) is 23.7 Å². The van der Waals surface area contributed by atoms with E-state index >= 15 is 0 Å². The molecule has 6 heteroatoms. The van der Waals surface area contributed by atoms with Crippen LogP contribution in [-0.2, 0) is 4.79 Å². The molecule has 6 nitrogen and oxygen atoms in total. The highest BCUT2D eigenvalue weighted by Gasteiger charge is 2.43. The molecule has 2 heterocycles. The molecule has 0 spiro atoms. The Balaban J connectivity index is 1.72. The molecule has 22 heavy (non-hydrogen) atoms. The van der Waals surface area contributed by atoms with Crippen LogP contribution in [0.25, 0.3) is 0 Å². The van der Waals surface area contributed by atoms with Gasteiger partial charge in [0.2, 0.25) is 17.8 Å². The number of rotatable bonds is 3. The summed E-state index contributed by atoms with van der Waals surface area (Å²) < 4.78 is 0. The first kappa shape index (κ1) is 13.1. The lowest BCUT2D eigenvalue weighted by Gasteiger charge is -2.24. The van der Waals surface area contributed by atoms with Crippen LogP contribution in [0.5, 0.6) is 0 Å². The van der Waals surface area contributed by atoms with Crippen molar-refractivity contribution in [1.29, 1.82) is 0 Å². The Morgan fingerprint density at radius 2 is 1.50 bits per heavy atom. The first-order chi connectivity index (χ1) is 10.8. The van der Waals surface area contributed by atoms with Gasteiger partial charge < -0.3 is 0 Å². The number of allylic oxidation sites excluding steroid dienone is 2. The van der Waals surface area contributed by atoms with Crippen molar-refractivity contribution in [1.82, 2.24) is 19.9 Å². The van der Waals surface area contributed by atoms with Gasteiger partial charge >= 0.3 is 0 Å². The molecule has 2 aliphatic rings. The number of hydrogen-bond acceptors (Lipinski definition) is 5. The summed E-state index contributed by atoms with van der Waals surface area (Å²) in [4.78, 5) is 31.3. The van der Waals surface area contributed by atoms with E-state index in [2.05, 4.69) is 32.1 Å². The van der Waals surface area contributed by atoms with E-state index < -0.39 is 0 Å². The van der Waals surface area contributed by atoms with Crippen molar-refractivity contribution < 1.29 is 4.79 Å². The van der Waals surface area contributed by atoms with Crippen molar-refractivity contribution in [3.05, 3.63) is 49.1 Å². The van der Waals surface area contributed by atoms with Gasteiger partial charge in [-0.15, -0.1) is 0 Å². The molecule has 0 N–H and O–H groups in total. The highest BCUT2D eigenvalue weighted by molar-refractivity contribution is 5.99. The van der Waals surface area contributed by atoms with Crippen LogP contribution < -0.4 is 4.90 Å². The van der Waals surface area contributed by atoms with Gasteiger partial charge in [0.15, 0.2) is 0 Å². The SMILES string of the molecule is O=C(C1CC2C=CC1C2)N(c1ncccn1)c1ncccn1. The minimum atomic E-state index is -0.0392. The number of fused-ring (bicyclic) bond motifs is 2. The monoisotopic (exact) mass is 293 g/mol. The zero-order valence-electron chi connectivity index (χ0n) is 11.9. The molecule has 3 atom stereocenters. The van der Waals surface area contributed by atoms with Crippen molar-refractivity contribution in [3.8, 4) is 0 Å². The van der Waals surface area contributed by atoms with Crippen LogP contribution in [0.15, 0.2) is 49.1 Å². The minimum absolute atomic E-state index is 0.0192. The zero-order chi connectivity index (χ0) is 14.9. The normalized spacial score (nSPS) is 25.4. The predicted molar refractivity (Wildman–Crippen MR) is 80.1 cm³/mol. The third-order valence-electron chi connectivity index (χ3n) is 4.32. The topological polar surface area (TPSA) is 71.9 Å². The number of carbonyl (C=O) groups excluding carboxylic acids is 1. The van der Waals surface area contributed by atoms with E-state index in [1.54, 1.807) is 36.9 Å². The standard InChI is InChI=1S/C16H15N5O/c22-14(13-10-11-3-4-12(13)9-11)21(15-17-5-1-6-18-15)16-19-7-2-8-20-16/h1-8,11-13H,9-10H2. The molecule has 0 radical (unpaired) electrons. The quantitative estimate of drug-likeness (QED) is 0.811. The summed E-state index contributed by atoms with van der Waals surface area (Å²) in [7, 11) is 0. The van der Waals surface area contributed by atoms with Crippen molar-refractivity contribution >= 4 is 17.8 Å². The lowest BCUT2D eigenvalue weighted by molar-refractivity contribution is -0.122. The summed E-state index contributed by atoms with van der Waals surface area (Å²) >= 11 is 0. The van der Waals surface area contributed by atoms with Crippen molar-refractivity contribution in [2.75, 3.05) is 4.90 Å². The van der Waals surface area contributed by atoms with Gasteiger partial charge in [0.25, 0.3) is 0 Å². The molecule has 3 unspecified atom stereocenters. The molecule has 0 aliphatic heterocycles. The largest absolute Gasteiger partial charge is 0.274 e. The second kappa shape index (κ2) is 5.29. The molecular formula is C16H15N5O. The van der Waals surface area contributed by atoms with Crippen molar-refractivity contribution in [2.45, 2.75) is 12.8 Å². The molecule has 4 rings (SSSR count). The Morgan fingerprint density at radius 1 is 0.909 bits per heavy atom. The third-order valence-corrected chi connectivity index (χ3v) is 4.32. The maximum absolute atomic E-state index is 13.1. The maximum atomic E-state index is 13.1. The highest BCUT2D eigenvalue weighted by atomic mass is 16.2.